The second-order valence-electron chi connectivity index (χ2n) is 5.38. The normalized spacial score (nSPS) is 16.9. The highest BCUT2D eigenvalue weighted by molar-refractivity contribution is 5.78. The summed E-state index contributed by atoms with van der Waals surface area (Å²) in [6.45, 7) is 5.09. The van der Waals surface area contributed by atoms with Crippen molar-refractivity contribution in [3.63, 3.8) is 0 Å². The van der Waals surface area contributed by atoms with Crippen LogP contribution < -0.4 is 5.32 Å². The van der Waals surface area contributed by atoms with Crippen molar-refractivity contribution < 1.29 is 9.21 Å². The van der Waals surface area contributed by atoms with Gasteiger partial charge < -0.3 is 9.73 Å². The molecule has 0 spiro atoms. The molecule has 1 aliphatic carbocycles. The third-order valence-electron chi connectivity index (χ3n) is 3.35. The number of aryl methyl sites for hydroxylation is 1. The average molecular weight is 250 g/mol. The number of furan rings is 1. The molecule has 0 bridgehead atoms. The second-order valence-corrected chi connectivity index (χ2v) is 5.38. The van der Waals surface area contributed by atoms with Crippen LogP contribution in [-0.2, 0) is 11.3 Å². The van der Waals surface area contributed by atoms with Gasteiger partial charge in [0.05, 0.1) is 13.1 Å². The highest BCUT2D eigenvalue weighted by atomic mass is 16.3. The van der Waals surface area contributed by atoms with E-state index in [1.165, 1.54) is 12.8 Å². The molecule has 100 valence electrons. The van der Waals surface area contributed by atoms with Crippen molar-refractivity contribution >= 4 is 5.91 Å². The molecule has 1 amide bonds. The van der Waals surface area contributed by atoms with Crippen molar-refractivity contribution in [3.8, 4) is 0 Å². The number of nitrogens with zero attached hydrogens (tertiary/aromatic N) is 1. The fourth-order valence-corrected chi connectivity index (χ4v) is 2.15. The van der Waals surface area contributed by atoms with Crippen LogP contribution in [0.2, 0.25) is 0 Å². The van der Waals surface area contributed by atoms with Gasteiger partial charge in [-0.25, -0.2) is 0 Å². The van der Waals surface area contributed by atoms with E-state index in [2.05, 4.69) is 12.2 Å². The summed E-state index contributed by atoms with van der Waals surface area (Å²) >= 11 is 0. The van der Waals surface area contributed by atoms with Gasteiger partial charge in [0.15, 0.2) is 0 Å². The van der Waals surface area contributed by atoms with Gasteiger partial charge in [0.25, 0.3) is 0 Å². The van der Waals surface area contributed by atoms with Gasteiger partial charge in [-0.15, -0.1) is 0 Å². The molecule has 0 aliphatic heterocycles. The standard InChI is InChI=1S/C14H22N2O2/c1-10-4-7-13(18-10)8-16(3)9-14(17)15-11(2)12-5-6-12/h4,7,11-12H,5-6,8-9H2,1-3H3,(H,15,17). The Morgan fingerprint density at radius 1 is 1.56 bits per heavy atom. The van der Waals surface area contributed by atoms with Crippen molar-refractivity contribution in [2.75, 3.05) is 13.6 Å². The molecule has 1 aromatic heterocycles. The van der Waals surface area contributed by atoms with Crippen molar-refractivity contribution in [3.05, 3.63) is 23.7 Å². The monoisotopic (exact) mass is 250 g/mol. The predicted octanol–water partition coefficient (Wildman–Crippen LogP) is 1.93. The lowest BCUT2D eigenvalue weighted by atomic mass is 10.2. The molecule has 1 aromatic rings. The molecule has 1 N–H and O–H groups in total. The quantitative estimate of drug-likeness (QED) is 0.839. The number of nitrogens with one attached hydrogen (secondary N) is 1. The maximum absolute atomic E-state index is 11.8. The van der Waals surface area contributed by atoms with Crippen LogP contribution in [0.4, 0.5) is 0 Å². The van der Waals surface area contributed by atoms with Crippen molar-refractivity contribution in [2.45, 2.75) is 39.3 Å². The highest BCUT2D eigenvalue weighted by Gasteiger charge is 2.28. The number of carbonyl (C=O) groups excluding carboxylic acids is 1. The second kappa shape index (κ2) is 5.57. The number of hydrogen-bond donors (Lipinski definition) is 1. The van der Waals surface area contributed by atoms with Gasteiger partial charge >= 0.3 is 0 Å². The van der Waals surface area contributed by atoms with E-state index in [0.29, 0.717) is 25.0 Å². The Balaban J connectivity index is 1.72. The number of likely N-dealkylation sites (N-methyl/N-ethyl adjacent to an activating group) is 1. The minimum absolute atomic E-state index is 0.0974. The third-order valence-corrected chi connectivity index (χ3v) is 3.35. The molecule has 1 fully saturated rings. The molecule has 1 unspecified atom stereocenters. The van der Waals surface area contributed by atoms with Gasteiger partial charge in [0.1, 0.15) is 11.5 Å². The number of amides is 1. The summed E-state index contributed by atoms with van der Waals surface area (Å²) in [6, 6.07) is 4.21. The van der Waals surface area contributed by atoms with Crippen LogP contribution in [0.5, 0.6) is 0 Å². The van der Waals surface area contributed by atoms with Gasteiger partial charge in [0, 0.05) is 6.04 Å². The fourth-order valence-electron chi connectivity index (χ4n) is 2.15. The fraction of sp³-hybridized carbons (Fsp3) is 0.643. The van der Waals surface area contributed by atoms with Crippen molar-refractivity contribution in [1.29, 1.82) is 0 Å². The van der Waals surface area contributed by atoms with Crippen LogP contribution in [0.25, 0.3) is 0 Å². The molecular weight excluding hydrogens is 228 g/mol. The molecule has 18 heavy (non-hydrogen) atoms. The number of carbonyl (C=O) groups is 1. The molecule has 1 atom stereocenters. The highest BCUT2D eigenvalue weighted by Crippen LogP contribution is 2.32. The van der Waals surface area contributed by atoms with E-state index < -0.39 is 0 Å². The van der Waals surface area contributed by atoms with Crippen LogP contribution in [0.15, 0.2) is 16.5 Å². The summed E-state index contributed by atoms with van der Waals surface area (Å²) in [6.07, 6.45) is 2.51. The first-order valence-corrected chi connectivity index (χ1v) is 6.58. The molecule has 4 nitrogen and oxygen atoms in total. The van der Waals surface area contributed by atoms with Gasteiger partial charge in [0.2, 0.25) is 5.91 Å². The largest absolute Gasteiger partial charge is 0.465 e. The Labute approximate surface area is 108 Å². The van der Waals surface area contributed by atoms with E-state index in [4.69, 9.17) is 4.42 Å². The van der Waals surface area contributed by atoms with Crippen LogP contribution >= 0.6 is 0 Å². The maximum atomic E-state index is 11.8. The predicted molar refractivity (Wildman–Crippen MR) is 70.1 cm³/mol. The lowest BCUT2D eigenvalue weighted by Crippen LogP contribution is -2.40. The molecule has 1 heterocycles. The first-order valence-electron chi connectivity index (χ1n) is 6.58. The van der Waals surface area contributed by atoms with Crippen LogP contribution in [0.3, 0.4) is 0 Å². The summed E-state index contributed by atoms with van der Waals surface area (Å²) in [7, 11) is 1.93. The van der Waals surface area contributed by atoms with Crippen LogP contribution in [-0.4, -0.2) is 30.4 Å². The molecule has 1 saturated carbocycles. The molecular formula is C14H22N2O2. The van der Waals surface area contributed by atoms with E-state index >= 15 is 0 Å². The lowest BCUT2D eigenvalue weighted by Gasteiger charge is -2.17. The van der Waals surface area contributed by atoms with Gasteiger partial charge in [-0.1, -0.05) is 0 Å². The van der Waals surface area contributed by atoms with Crippen LogP contribution in [0.1, 0.15) is 31.3 Å². The zero-order chi connectivity index (χ0) is 13.1. The first kappa shape index (κ1) is 13.1. The summed E-state index contributed by atoms with van der Waals surface area (Å²) in [5, 5.41) is 3.05. The zero-order valence-corrected chi connectivity index (χ0v) is 11.4. The van der Waals surface area contributed by atoms with E-state index in [0.717, 1.165) is 11.5 Å². The van der Waals surface area contributed by atoms with Gasteiger partial charge in [-0.2, -0.15) is 0 Å². The Kier molecular flexibility index (Phi) is 4.07. The number of rotatable bonds is 6. The van der Waals surface area contributed by atoms with E-state index in [1.54, 1.807) is 0 Å². The summed E-state index contributed by atoms with van der Waals surface area (Å²) in [4.78, 5) is 13.8. The molecule has 4 heteroatoms. The summed E-state index contributed by atoms with van der Waals surface area (Å²) < 4.78 is 5.49. The zero-order valence-electron chi connectivity index (χ0n) is 11.4. The molecule has 0 aromatic carbocycles. The van der Waals surface area contributed by atoms with Crippen molar-refractivity contribution in [2.24, 2.45) is 5.92 Å². The summed E-state index contributed by atoms with van der Waals surface area (Å²) in [5.41, 5.74) is 0. The Bertz CT molecular complexity index is 410. The number of hydrogen-bond acceptors (Lipinski definition) is 3. The Morgan fingerprint density at radius 2 is 2.28 bits per heavy atom. The Hall–Kier alpha value is -1.29. The third kappa shape index (κ3) is 3.88. The maximum Gasteiger partial charge on any atom is 0.234 e. The molecule has 2 rings (SSSR count). The SMILES string of the molecule is Cc1ccc(CN(C)CC(=O)NC(C)C2CC2)o1. The van der Waals surface area contributed by atoms with Gasteiger partial charge in [-0.05, 0) is 51.8 Å². The smallest absolute Gasteiger partial charge is 0.234 e. The van der Waals surface area contributed by atoms with E-state index in [1.807, 2.05) is 31.0 Å². The minimum atomic E-state index is 0.0974. The molecule has 1 aliphatic rings. The van der Waals surface area contributed by atoms with Crippen molar-refractivity contribution in [1.82, 2.24) is 10.2 Å². The van der Waals surface area contributed by atoms with Gasteiger partial charge in [-0.3, -0.25) is 9.69 Å². The minimum Gasteiger partial charge on any atom is -0.465 e. The van der Waals surface area contributed by atoms with Crippen LogP contribution in [0, 0.1) is 12.8 Å². The molecule has 0 radical (unpaired) electrons. The lowest BCUT2D eigenvalue weighted by molar-refractivity contribution is -0.122. The first-order chi connectivity index (χ1) is 8.54. The summed E-state index contributed by atoms with van der Waals surface area (Å²) in [5.74, 6) is 2.61. The Morgan fingerprint density at radius 3 is 2.83 bits per heavy atom. The van der Waals surface area contributed by atoms with E-state index in [-0.39, 0.29) is 5.91 Å². The topological polar surface area (TPSA) is 45.5 Å². The molecule has 0 saturated heterocycles. The van der Waals surface area contributed by atoms with E-state index in [9.17, 15) is 4.79 Å². The average Bonchev–Trinajstić information content (AvgIpc) is 3.03.